The first-order valence-electron chi connectivity index (χ1n) is 6.48. The van der Waals surface area contributed by atoms with E-state index >= 15 is 0 Å². The van der Waals surface area contributed by atoms with Gasteiger partial charge in [0.2, 0.25) is 0 Å². The minimum atomic E-state index is -0.104. The van der Waals surface area contributed by atoms with Crippen molar-refractivity contribution in [2.24, 2.45) is 10.8 Å². The van der Waals surface area contributed by atoms with Gasteiger partial charge in [0.15, 0.2) is 0 Å². The largest absolute Gasteiger partial charge is 0.392 e. The molecule has 2 aliphatic carbocycles. The Hall–Kier alpha value is 0.350. The Balaban J connectivity index is 2.02. The standard InChI is InChI=1S/C13H24NOP/c1-6-16-14-12(4)7-10(12,2)9(15)11(3)8-13(11,14)5/h9,15-16H,6-8H2,1-5H3. The number of hydrogen-bond acceptors (Lipinski definition) is 2. The Morgan fingerprint density at radius 3 is 1.94 bits per heavy atom. The van der Waals surface area contributed by atoms with Gasteiger partial charge < -0.3 is 5.11 Å². The number of piperidine rings is 1. The van der Waals surface area contributed by atoms with E-state index in [1.54, 1.807) is 0 Å². The van der Waals surface area contributed by atoms with Crippen LogP contribution in [0.15, 0.2) is 0 Å². The lowest BCUT2D eigenvalue weighted by Gasteiger charge is -2.47. The van der Waals surface area contributed by atoms with Gasteiger partial charge in [0, 0.05) is 21.9 Å². The highest BCUT2D eigenvalue weighted by molar-refractivity contribution is 7.35. The molecule has 1 N–H and O–H groups in total. The van der Waals surface area contributed by atoms with Gasteiger partial charge in [-0.1, -0.05) is 29.5 Å². The van der Waals surface area contributed by atoms with Crippen LogP contribution in [0.25, 0.3) is 0 Å². The molecule has 3 rings (SSSR count). The molecule has 0 aromatic heterocycles. The first-order valence-corrected chi connectivity index (χ1v) is 7.64. The lowest BCUT2D eigenvalue weighted by Crippen LogP contribution is -2.54. The summed E-state index contributed by atoms with van der Waals surface area (Å²) in [5.41, 5.74) is 0.844. The monoisotopic (exact) mass is 241 g/mol. The SMILES string of the molecule is CCPN1C2(C)CC2(C)C(O)C2(C)CC12C. The number of rotatable bonds is 2. The molecule has 0 bridgehead atoms. The summed E-state index contributed by atoms with van der Waals surface area (Å²) in [5.74, 6) is 0. The van der Waals surface area contributed by atoms with Crippen molar-refractivity contribution in [2.75, 3.05) is 6.16 Å². The molecule has 2 nitrogen and oxygen atoms in total. The molecule has 0 spiro atoms. The van der Waals surface area contributed by atoms with Crippen molar-refractivity contribution in [3.05, 3.63) is 0 Å². The Labute approximate surface area is 101 Å². The van der Waals surface area contributed by atoms with E-state index in [0.717, 1.165) is 8.73 Å². The molecule has 3 fully saturated rings. The van der Waals surface area contributed by atoms with Crippen LogP contribution in [0.5, 0.6) is 0 Å². The predicted molar refractivity (Wildman–Crippen MR) is 69.0 cm³/mol. The third kappa shape index (κ3) is 0.899. The molecular formula is C13H24NOP. The highest BCUT2D eigenvalue weighted by atomic mass is 31.1. The molecule has 1 aliphatic heterocycles. The lowest BCUT2D eigenvalue weighted by atomic mass is 9.79. The molecule has 3 aliphatic rings. The number of aliphatic hydroxyl groups excluding tert-OH is 1. The van der Waals surface area contributed by atoms with Crippen LogP contribution in [0, 0.1) is 10.8 Å². The third-order valence-corrected chi connectivity index (χ3v) is 7.76. The predicted octanol–water partition coefficient (Wildman–Crippen LogP) is 2.61. The Morgan fingerprint density at radius 1 is 1.12 bits per heavy atom. The molecular weight excluding hydrogens is 217 g/mol. The van der Waals surface area contributed by atoms with Crippen molar-refractivity contribution in [3.63, 3.8) is 0 Å². The van der Waals surface area contributed by atoms with Gasteiger partial charge in [0.1, 0.15) is 0 Å². The van der Waals surface area contributed by atoms with Gasteiger partial charge in [-0.05, 0) is 32.9 Å². The third-order valence-electron chi connectivity index (χ3n) is 6.14. The van der Waals surface area contributed by atoms with Gasteiger partial charge >= 0.3 is 0 Å². The van der Waals surface area contributed by atoms with E-state index in [9.17, 15) is 5.11 Å². The van der Waals surface area contributed by atoms with Crippen molar-refractivity contribution >= 4 is 8.73 Å². The van der Waals surface area contributed by atoms with Gasteiger partial charge in [-0.2, -0.15) is 0 Å². The summed E-state index contributed by atoms with van der Waals surface area (Å²) in [5, 5.41) is 10.6. The summed E-state index contributed by atoms with van der Waals surface area (Å²) < 4.78 is 2.74. The maximum Gasteiger partial charge on any atom is 0.0684 e. The van der Waals surface area contributed by atoms with Gasteiger partial charge in [-0.25, -0.2) is 0 Å². The van der Waals surface area contributed by atoms with Gasteiger partial charge in [-0.15, -0.1) is 0 Å². The molecule has 92 valence electrons. The highest BCUT2D eigenvalue weighted by Gasteiger charge is 2.85. The molecule has 5 atom stereocenters. The summed E-state index contributed by atoms with van der Waals surface area (Å²) in [7, 11) is 0.924. The molecule has 1 saturated heterocycles. The van der Waals surface area contributed by atoms with E-state index in [1.165, 1.54) is 19.0 Å². The molecule has 0 radical (unpaired) electrons. The van der Waals surface area contributed by atoms with Crippen LogP contribution in [0.1, 0.15) is 47.5 Å². The number of hydrogen-bond donors (Lipinski definition) is 1. The molecule has 0 aromatic carbocycles. The van der Waals surface area contributed by atoms with Crippen molar-refractivity contribution < 1.29 is 5.11 Å². The molecule has 1 heterocycles. The number of fused-ring (bicyclic) bond motifs is 2. The maximum atomic E-state index is 10.6. The van der Waals surface area contributed by atoms with Crippen LogP contribution in [-0.4, -0.2) is 33.1 Å². The van der Waals surface area contributed by atoms with E-state index in [2.05, 4.69) is 39.3 Å². The minimum Gasteiger partial charge on any atom is -0.392 e. The van der Waals surface area contributed by atoms with E-state index < -0.39 is 0 Å². The van der Waals surface area contributed by atoms with E-state index in [1.807, 2.05) is 0 Å². The van der Waals surface area contributed by atoms with Crippen LogP contribution < -0.4 is 0 Å². The average Bonchev–Trinajstić information content (AvgIpc) is 2.97. The summed E-state index contributed by atoms with van der Waals surface area (Å²) in [6.07, 6.45) is 3.50. The summed E-state index contributed by atoms with van der Waals surface area (Å²) in [6, 6.07) is 0. The van der Waals surface area contributed by atoms with Crippen LogP contribution in [-0.2, 0) is 0 Å². The van der Waals surface area contributed by atoms with E-state index in [4.69, 9.17) is 0 Å². The summed E-state index contributed by atoms with van der Waals surface area (Å²) in [4.78, 5) is 0. The molecule has 0 amide bonds. The fraction of sp³-hybridized carbons (Fsp3) is 1.00. The Kier molecular flexibility index (Phi) is 1.92. The second-order valence-corrected chi connectivity index (χ2v) is 8.46. The summed E-state index contributed by atoms with van der Waals surface area (Å²) >= 11 is 0. The van der Waals surface area contributed by atoms with Crippen LogP contribution in [0.2, 0.25) is 0 Å². The second kappa shape index (κ2) is 2.68. The second-order valence-electron chi connectivity index (χ2n) is 6.99. The number of nitrogens with zero attached hydrogens (tertiary/aromatic N) is 1. The molecule has 2 saturated carbocycles. The van der Waals surface area contributed by atoms with E-state index in [0.29, 0.717) is 0 Å². The molecule has 3 heteroatoms. The zero-order chi connectivity index (χ0) is 12.0. The van der Waals surface area contributed by atoms with Crippen LogP contribution in [0.3, 0.4) is 0 Å². The van der Waals surface area contributed by atoms with Crippen LogP contribution in [0.4, 0.5) is 0 Å². The number of aliphatic hydroxyl groups is 1. The van der Waals surface area contributed by atoms with Crippen molar-refractivity contribution in [1.29, 1.82) is 0 Å². The Morgan fingerprint density at radius 2 is 1.56 bits per heavy atom. The fourth-order valence-electron chi connectivity index (χ4n) is 4.55. The minimum absolute atomic E-state index is 0.104. The van der Waals surface area contributed by atoms with E-state index in [-0.39, 0.29) is 28.0 Å². The van der Waals surface area contributed by atoms with Gasteiger partial charge in [0.05, 0.1) is 6.10 Å². The summed E-state index contributed by atoms with van der Waals surface area (Å²) in [6.45, 7) is 11.6. The zero-order valence-corrected chi connectivity index (χ0v) is 12.1. The van der Waals surface area contributed by atoms with Crippen LogP contribution >= 0.6 is 8.73 Å². The maximum absolute atomic E-state index is 10.6. The quantitative estimate of drug-likeness (QED) is 0.751. The first-order chi connectivity index (χ1) is 7.26. The van der Waals surface area contributed by atoms with Gasteiger partial charge in [0.25, 0.3) is 0 Å². The van der Waals surface area contributed by atoms with Crippen molar-refractivity contribution in [3.8, 4) is 0 Å². The lowest BCUT2D eigenvalue weighted by molar-refractivity contribution is -0.0385. The highest BCUT2D eigenvalue weighted by Crippen LogP contribution is 2.81. The smallest absolute Gasteiger partial charge is 0.0684 e. The molecule has 0 aromatic rings. The topological polar surface area (TPSA) is 23.5 Å². The zero-order valence-electron chi connectivity index (χ0n) is 11.1. The Bertz CT molecular complexity index is 332. The first kappa shape index (κ1) is 11.4. The molecule has 16 heavy (non-hydrogen) atoms. The fourth-order valence-corrected chi connectivity index (χ4v) is 6.23. The molecule has 5 unspecified atom stereocenters. The van der Waals surface area contributed by atoms with Crippen molar-refractivity contribution in [1.82, 2.24) is 4.67 Å². The van der Waals surface area contributed by atoms with Gasteiger partial charge in [-0.3, -0.25) is 4.67 Å². The average molecular weight is 241 g/mol. The van der Waals surface area contributed by atoms with Crippen molar-refractivity contribution in [2.45, 2.75) is 64.6 Å². The normalized spacial score (nSPS) is 64.5.